The van der Waals surface area contributed by atoms with Crippen LogP contribution in [0.15, 0.2) is 0 Å². The Morgan fingerprint density at radius 1 is 1.25 bits per heavy atom. The predicted molar refractivity (Wildman–Crippen MR) is 108 cm³/mol. The molecule has 2 N–H and O–H groups in total. The highest BCUT2D eigenvalue weighted by molar-refractivity contribution is 7.16. The third-order valence-electron chi connectivity index (χ3n) is 4.87. The Balaban J connectivity index is 1.67. The number of aromatic nitrogens is 1. The molecule has 9 heteroatoms. The molecule has 3 rings (SSSR count). The van der Waals surface area contributed by atoms with Gasteiger partial charge >= 0.3 is 12.1 Å². The van der Waals surface area contributed by atoms with Crippen molar-refractivity contribution in [2.45, 2.75) is 77.6 Å². The fourth-order valence-corrected chi connectivity index (χ4v) is 4.63. The minimum atomic E-state index is -0.542. The van der Waals surface area contributed by atoms with Gasteiger partial charge in [0.1, 0.15) is 5.60 Å². The van der Waals surface area contributed by atoms with Crippen LogP contribution in [0, 0.1) is 0 Å². The topological polar surface area (TPSA) is 92.8 Å². The van der Waals surface area contributed by atoms with Gasteiger partial charge in [0.25, 0.3) is 0 Å². The number of nitrogens with one attached hydrogen (secondary N) is 2. The van der Waals surface area contributed by atoms with E-state index in [0.29, 0.717) is 24.8 Å². The number of thiazole rings is 1. The number of hydrogen-bond acceptors (Lipinski definition) is 6. The molecule has 8 nitrogen and oxygen atoms in total. The highest BCUT2D eigenvalue weighted by atomic mass is 32.1. The van der Waals surface area contributed by atoms with Crippen molar-refractivity contribution in [3.8, 4) is 0 Å². The van der Waals surface area contributed by atoms with Crippen molar-refractivity contribution in [2.75, 3.05) is 18.5 Å². The molecule has 0 aliphatic carbocycles. The third-order valence-corrected chi connectivity index (χ3v) is 6.05. The summed E-state index contributed by atoms with van der Waals surface area (Å²) in [7, 11) is 0. The molecule has 2 aliphatic heterocycles. The summed E-state index contributed by atoms with van der Waals surface area (Å²) in [6, 6.07) is -0.295. The molecule has 1 aromatic rings. The lowest BCUT2D eigenvalue weighted by atomic mass is 10.0. The highest BCUT2D eigenvalue weighted by Crippen LogP contribution is 2.39. The summed E-state index contributed by atoms with van der Waals surface area (Å²) in [6.45, 7) is 10.9. The fourth-order valence-electron chi connectivity index (χ4n) is 3.59. The largest absolute Gasteiger partial charge is 0.444 e. The molecule has 0 spiro atoms. The second kappa shape index (κ2) is 8.24. The van der Waals surface area contributed by atoms with Crippen LogP contribution in [0.3, 0.4) is 0 Å². The summed E-state index contributed by atoms with van der Waals surface area (Å²) < 4.78 is 10.9. The Morgan fingerprint density at radius 2 is 1.93 bits per heavy atom. The average Bonchev–Trinajstić information content (AvgIpc) is 2.96. The van der Waals surface area contributed by atoms with Crippen molar-refractivity contribution in [3.05, 3.63) is 10.6 Å². The summed E-state index contributed by atoms with van der Waals surface area (Å²) in [4.78, 5) is 32.3. The Morgan fingerprint density at radius 3 is 2.57 bits per heavy atom. The number of urea groups is 1. The monoisotopic (exact) mass is 410 g/mol. The zero-order chi connectivity index (χ0) is 20.5. The van der Waals surface area contributed by atoms with Crippen molar-refractivity contribution >= 4 is 28.6 Å². The number of rotatable bonds is 2. The summed E-state index contributed by atoms with van der Waals surface area (Å²) in [5.41, 5.74) is 0.394. The van der Waals surface area contributed by atoms with E-state index in [2.05, 4.69) is 15.6 Å². The number of nitrogens with zero attached hydrogens (tertiary/aromatic N) is 2. The summed E-state index contributed by atoms with van der Waals surface area (Å²) in [5.74, 6) is 0. The van der Waals surface area contributed by atoms with Gasteiger partial charge < -0.3 is 14.8 Å². The number of fused-ring (bicyclic) bond motifs is 1. The van der Waals surface area contributed by atoms with E-state index < -0.39 is 5.60 Å². The third kappa shape index (κ3) is 4.94. The number of amides is 3. The van der Waals surface area contributed by atoms with E-state index in [1.807, 2.05) is 34.6 Å². The first kappa shape index (κ1) is 20.9. The van der Waals surface area contributed by atoms with E-state index in [4.69, 9.17) is 9.47 Å². The minimum absolute atomic E-state index is 0.0247. The lowest BCUT2D eigenvalue weighted by Gasteiger charge is -2.38. The second-order valence-corrected chi connectivity index (χ2v) is 9.46. The van der Waals surface area contributed by atoms with Crippen LogP contribution in [0.2, 0.25) is 0 Å². The van der Waals surface area contributed by atoms with Crippen LogP contribution in [0.1, 0.15) is 64.1 Å². The molecule has 3 amide bonds. The molecule has 1 fully saturated rings. The van der Waals surface area contributed by atoms with E-state index in [1.54, 1.807) is 4.90 Å². The Hall–Kier alpha value is -1.87. The molecule has 0 radical (unpaired) electrons. The first-order valence-corrected chi connectivity index (χ1v) is 10.6. The van der Waals surface area contributed by atoms with E-state index in [9.17, 15) is 9.59 Å². The molecule has 28 heavy (non-hydrogen) atoms. The Kier molecular flexibility index (Phi) is 6.14. The molecule has 0 aromatic carbocycles. The number of carbonyl (C=O) groups is 2. The van der Waals surface area contributed by atoms with Gasteiger partial charge in [-0.2, -0.15) is 0 Å². The Bertz CT molecular complexity index is 724. The number of anilines is 1. The first-order valence-electron chi connectivity index (χ1n) is 9.80. The van der Waals surface area contributed by atoms with Gasteiger partial charge in [-0.15, -0.1) is 0 Å². The molecule has 1 aromatic heterocycles. The number of hydrogen-bond donors (Lipinski definition) is 2. The molecule has 0 unspecified atom stereocenters. The van der Waals surface area contributed by atoms with Crippen LogP contribution in [-0.2, 0) is 15.9 Å². The van der Waals surface area contributed by atoms with E-state index in [0.717, 1.165) is 23.4 Å². The maximum atomic E-state index is 12.6. The zero-order valence-corrected chi connectivity index (χ0v) is 18.0. The van der Waals surface area contributed by atoms with Crippen molar-refractivity contribution in [2.24, 2.45) is 0 Å². The van der Waals surface area contributed by atoms with Crippen molar-refractivity contribution < 1.29 is 19.1 Å². The second-order valence-electron chi connectivity index (χ2n) is 8.43. The average molecular weight is 411 g/mol. The van der Waals surface area contributed by atoms with Crippen LogP contribution in [0.25, 0.3) is 0 Å². The van der Waals surface area contributed by atoms with Gasteiger partial charge in [-0.1, -0.05) is 11.3 Å². The van der Waals surface area contributed by atoms with Gasteiger partial charge in [0.2, 0.25) is 0 Å². The number of ether oxygens (including phenoxy) is 2. The van der Waals surface area contributed by atoms with Crippen molar-refractivity contribution in [1.82, 2.24) is 15.2 Å². The van der Waals surface area contributed by atoms with Crippen LogP contribution in [0.4, 0.5) is 14.7 Å². The van der Waals surface area contributed by atoms with Crippen LogP contribution in [-0.4, -0.2) is 52.9 Å². The summed E-state index contributed by atoms with van der Waals surface area (Å²) in [6.07, 6.45) is 1.96. The highest BCUT2D eigenvalue weighted by Gasteiger charge is 2.37. The minimum Gasteiger partial charge on any atom is -0.444 e. The van der Waals surface area contributed by atoms with E-state index >= 15 is 0 Å². The quantitative estimate of drug-likeness (QED) is 0.776. The van der Waals surface area contributed by atoms with Gasteiger partial charge in [-0.3, -0.25) is 10.2 Å². The molecule has 3 heterocycles. The molecule has 1 saturated heterocycles. The normalized spacial score (nSPS) is 23.1. The fraction of sp³-hybridized carbons (Fsp3) is 0.737. The molecule has 156 valence electrons. The molecular weight excluding hydrogens is 380 g/mol. The van der Waals surface area contributed by atoms with E-state index in [-0.39, 0.29) is 30.2 Å². The van der Waals surface area contributed by atoms with E-state index in [1.165, 1.54) is 11.3 Å². The van der Waals surface area contributed by atoms with Gasteiger partial charge in [-0.25, -0.2) is 14.6 Å². The maximum absolute atomic E-state index is 12.6. The standard InChI is InChI=1S/C19H30N4O4S/c1-11-10-14-15(12(2)23(11)18(25)27-19(3,4)5)28-17(21-14)22-16(24)20-13-6-8-26-9-7-13/h11-13H,6-10H2,1-5H3,(H2,20,21,22,24)/t11-,12+/m1/s1. The molecule has 2 aliphatic rings. The SMILES string of the molecule is C[C@@H]1Cc2nc(NC(=O)NC3CCOCC3)sc2[C@H](C)N1C(=O)OC(C)(C)C. The van der Waals surface area contributed by atoms with Crippen LogP contribution < -0.4 is 10.6 Å². The lowest BCUT2D eigenvalue weighted by molar-refractivity contribution is 0.00615. The van der Waals surface area contributed by atoms with Crippen molar-refractivity contribution in [1.29, 1.82) is 0 Å². The van der Waals surface area contributed by atoms with Gasteiger partial charge in [0.05, 0.1) is 16.6 Å². The van der Waals surface area contributed by atoms with Gasteiger partial charge in [-0.05, 0) is 47.5 Å². The molecule has 0 saturated carbocycles. The molecular formula is C19H30N4O4S. The predicted octanol–water partition coefficient (Wildman–Crippen LogP) is 3.69. The molecule has 0 bridgehead atoms. The maximum Gasteiger partial charge on any atom is 0.411 e. The van der Waals surface area contributed by atoms with Crippen LogP contribution in [0.5, 0.6) is 0 Å². The summed E-state index contributed by atoms with van der Waals surface area (Å²) >= 11 is 1.42. The van der Waals surface area contributed by atoms with Crippen LogP contribution >= 0.6 is 11.3 Å². The summed E-state index contributed by atoms with van der Waals surface area (Å²) in [5, 5.41) is 6.37. The first-order chi connectivity index (χ1) is 13.1. The lowest BCUT2D eigenvalue weighted by Crippen LogP contribution is -2.46. The smallest absolute Gasteiger partial charge is 0.411 e. The Labute approximate surface area is 170 Å². The van der Waals surface area contributed by atoms with Crippen molar-refractivity contribution in [3.63, 3.8) is 0 Å². The molecule has 2 atom stereocenters. The van der Waals surface area contributed by atoms with Gasteiger partial charge in [0, 0.05) is 31.7 Å². The number of carbonyl (C=O) groups excluding carboxylic acids is 2. The zero-order valence-electron chi connectivity index (χ0n) is 17.2. The van der Waals surface area contributed by atoms with Gasteiger partial charge in [0.15, 0.2) is 5.13 Å².